The van der Waals surface area contributed by atoms with Gasteiger partial charge < -0.3 is 14.6 Å². The minimum atomic E-state index is -2.38. The highest BCUT2D eigenvalue weighted by molar-refractivity contribution is 5.26. The first-order chi connectivity index (χ1) is 7.15. The zero-order valence-corrected chi connectivity index (χ0v) is 8.78. The second-order valence-corrected chi connectivity index (χ2v) is 3.23. The Bertz CT molecular complexity index is 291. The molecular weight excluding hydrogens is 204 g/mol. The minimum Gasteiger partial charge on any atom is -0.383 e. The fourth-order valence-corrected chi connectivity index (χ4v) is 1.30. The third-order valence-corrected chi connectivity index (χ3v) is 1.97. The van der Waals surface area contributed by atoms with Crippen LogP contribution in [0.15, 0.2) is 12.4 Å². The summed E-state index contributed by atoms with van der Waals surface area (Å²) in [6, 6.07) is 0.0673. The van der Waals surface area contributed by atoms with E-state index in [1.807, 2.05) is 6.92 Å². The maximum atomic E-state index is 12.0. The Morgan fingerprint density at radius 2 is 2.33 bits per heavy atom. The molecule has 0 bridgehead atoms. The fourth-order valence-electron chi connectivity index (χ4n) is 1.30. The molecule has 0 saturated carbocycles. The van der Waals surface area contributed by atoms with E-state index >= 15 is 0 Å². The average molecular weight is 219 g/mol. The Labute approximate surface area is 87.3 Å². The Hall–Kier alpha value is -1.17. The van der Waals surface area contributed by atoms with Crippen LogP contribution in [0.25, 0.3) is 0 Å². The molecule has 1 aromatic heterocycles. The van der Waals surface area contributed by atoms with E-state index in [-0.39, 0.29) is 6.04 Å². The molecule has 0 amide bonds. The molecule has 0 radical (unpaired) electrons. The van der Waals surface area contributed by atoms with E-state index in [0.717, 1.165) is 0 Å². The van der Waals surface area contributed by atoms with Crippen molar-refractivity contribution in [3.63, 3.8) is 0 Å². The third-order valence-electron chi connectivity index (χ3n) is 1.97. The van der Waals surface area contributed by atoms with Gasteiger partial charge in [0, 0.05) is 19.5 Å². The van der Waals surface area contributed by atoms with Crippen LogP contribution in [0, 0.1) is 0 Å². The van der Waals surface area contributed by atoms with E-state index in [9.17, 15) is 8.78 Å². The summed E-state index contributed by atoms with van der Waals surface area (Å²) in [6.07, 6.45) is 0.921. The van der Waals surface area contributed by atoms with E-state index < -0.39 is 13.0 Å². The number of nitrogens with zero attached hydrogens (tertiary/aromatic N) is 2. The van der Waals surface area contributed by atoms with Crippen molar-refractivity contribution in [1.29, 1.82) is 0 Å². The number of rotatable bonds is 6. The van der Waals surface area contributed by atoms with Crippen molar-refractivity contribution in [2.45, 2.75) is 19.4 Å². The molecule has 0 aliphatic heterocycles. The molecule has 0 aliphatic rings. The Morgan fingerprint density at radius 3 is 2.93 bits per heavy atom. The van der Waals surface area contributed by atoms with Crippen LogP contribution in [0.1, 0.15) is 13.0 Å². The number of anilines is 1. The summed E-state index contributed by atoms with van der Waals surface area (Å²) in [5.74, 6) is 0.444. The van der Waals surface area contributed by atoms with Gasteiger partial charge in [-0.1, -0.05) is 0 Å². The summed E-state index contributed by atoms with van der Waals surface area (Å²) in [6.45, 7) is 2.05. The highest BCUT2D eigenvalue weighted by Crippen LogP contribution is 2.13. The molecule has 4 nitrogen and oxygen atoms in total. The quantitative estimate of drug-likeness (QED) is 0.792. The lowest BCUT2D eigenvalue weighted by molar-refractivity contribution is 0.159. The normalized spacial score (nSPS) is 13.1. The average Bonchev–Trinajstić information content (AvgIpc) is 2.62. The summed E-state index contributed by atoms with van der Waals surface area (Å²) in [5.41, 5.74) is 0. The van der Waals surface area contributed by atoms with E-state index in [1.54, 1.807) is 24.1 Å². The number of methoxy groups -OCH3 is 1. The van der Waals surface area contributed by atoms with Gasteiger partial charge in [0.15, 0.2) is 0 Å². The topological polar surface area (TPSA) is 39.1 Å². The summed E-state index contributed by atoms with van der Waals surface area (Å²) in [5, 5.41) is 2.58. The Balaban J connectivity index is 2.60. The maximum Gasteiger partial charge on any atom is 0.255 e. The summed E-state index contributed by atoms with van der Waals surface area (Å²) < 4.78 is 30.7. The van der Waals surface area contributed by atoms with Gasteiger partial charge in [-0.15, -0.1) is 0 Å². The number of hydrogen-bond donors (Lipinski definition) is 1. The second kappa shape index (κ2) is 5.65. The minimum absolute atomic E-state index is 0.0673. The molecule has 0 saturated heterocycles. The van der Waals surface area contributed by atoms with Gasteiger partial charge in [0.05, 0.1) is 19.2 Å². The van der Waals surface area contributed by atoms with Crippen molar-refractivity contribution in [2.75, 3.05) is 25.6 Å². The van der Waals surface area contributed by atoms with Crippen molar-refractivity contribution >= 4 is 5.95 Å². The number of aromatic nitrogens is 2. The molecule has 86 valence electrons. The van der Waals surface area contributed by atoms with E-state index in [1.165, 1.54) is 0 Å². The molecule has 15 heavy (non-hydrogen) atoms. The molecule has 1 atom stereocenters. The molecular formula is C9H15F2N3O. The van der Waals surface area contributed by atoms with E-state index in [0.29, 0.717) is 12.6 Å². The molecule has 1 heterocycles. The van der Waals surface area contributed by atoms with Crippen LogP contribution in [-0.4, -0.2) is 36.2 Å². The largest absolute Gasteiger partial charge is 0.383 e. The first-order valence-electron chi connectivity index (χ1n) is 4.69. The zero-order valence-electron chi connectivity index (χ0n) is 8.78. The highest BCUT2D eigenvalue weighted by atomic mass is 19.3. The van der Waals surface area contributed by atoms with E-state index in [4.69, 9.17) is 4.74 Å². The van der Waals surface area contributed by atoms with Crippen molar-refractivity contribution in [2.24, 2.45) is 0 Å². The van der Waals surface area contributed by atoms with Crippen LogP contribution in [0.5, 0.6) is 0 Å². The third kappa shape index (κ3) is 3.47. The lowest BCUT2D eigenvalue weighted by Gasteiger charge is -2.15. The molecule has 0 fully saturated rings. The summed E-state index contributed by atoms with van der Waals surface area (Å²) in [4.78, 5) is 3.95. The van der Waals surface area contributed by atoms with Crippen LogP contribution in [0.4, 0.5) is 14.7 Å². The van der Waals surface area contributed by atoms with Gasteiger partial charge in [-0.25, -0.2) is 13.8 Å². The highest BCUT2D eigenvalue weighted by Gasteiger charge is 2.10. The molecule has 1 N–H and O–H groups in total. The predicted molar refractivity (Wildman–Crippen MR) is 53.3 cm³/mol. The first kappa shape index (κ1) is 11.9. The van der Waals surface area contributed by atoms with Gasteiger partial charge in [-0.3, -0.25) is 0 Å². The predicted octanol–water partition coefficient (Wildman–Crippen LogP) is 1.77. The number of imidazole rings is 1. The zero-order chi connectivity index (χ0) is 11.3. The fraction of sp³-hybridized carbons (Fsp3) is 0.667. The monoisotopic (exact) mass is 219 g/mol. The van der Waals surface area contributed by atoms with Crippen LogP contribution >= 0.6 is 0 Å². The molecule has 1 unspecified atom stereocenters. The first-order valence-corrected chi connectivity index (χ1v) is 4.69. The van der Waals surface area contributed by atoms with Crippen LogP contribution < -0.4 is 5.32 Å². The Morgan fingerprint density at radius 1 is 1.60 bits per heavy atom. The number of alkyl halides is 2. The van der Waals surface area contributed by atoms with Crippen LogP contribution in [0.2, 0.25) is 0 Å². The van der Waals surface area contributed by atoms with Crippen LogP contribution in [-0.2, 0) is 4.74 Å². The molecule has 1 aromatic rings. The molecule has 1 rings (SSSR count). The van der Waals surface area contributed by atoms with Crippen LogP contribution in [0.3, 0.4) is 0 Å². The van der Waals surface area contributed by atoms with Gasteiger partial charge in [0.1, 0.15) is 0 Å². The van der Waals surface area contributed by atoms with E-state index in [2.05, 4.69) is 10.3 Å². The maximum absolute atomic E-state index is 12.0. The number of nitrogens with one attached hydrogen (secondary N) is 1. The summed E-state index contributed by atoms with van der Waals surface area (Å²) in [7, 11) is 1.60. The van der Waals surface area contributed by atoms with Crippen molar-refractivity contribution in [1.82, 2.24) is 9.55 Å². The summed E-state index contributed by atoms with van der Waals surface area (Å²) >= 11 is 0. The van der Waals surface area contributed by atoms with Gasteiger partial charge in [-0.05, 0) is 6.92 Å². The van der Waals surface area contributed by atoms with Gasteiger partial charge >= 0.3 is 0 Å². The molecule has 0 aliphatic carbocycles. The van der Waals surface area contributed by atoms with Gasteiger partial charge in [-0.2, -0.15) is 0 Å². The number of ether oxygens (including phenoxy) is 1. The van der Waals surface area contributed by atoms with Crippen molar-refractivity contribution in [3.05, 3.63) is 12.4 Å². The molecule has 6 heteroatoms. The smallest absolute Gasteiger partial charge is 0.255 e. The SMILES string of the molecule is COCC(C)n1ccnc1NCC(F)F. The van der Waals surface area contributed by atoms with Crippen molar-refractivity contribution < 1.29 is 13.5 Å². The van der Waals surface area contributed by atoms with Gasteiger partial charge in [0.25, 0.3) is 6.43 Å². The standard InChI is InChI=1S/C9H15F2N3O/c1-7(6-15-2)14-4-3-12-9(14)13-5-8(10)11/h3-4,7-8H,5-6H2,1-2H3,(H,12,13). The number of halogens is 2. The van der Waals surface area contributed by atoms with Gasteiger partial charge in [0.2, 0.25) is 5.95 Å². The Kier molecular flexibility index (Phi) is 4.48. The second-order valence-electron chi connectivity index (χ2n) is 3.23. The molecule has 0 spiro atoms. The lowest BCUT2D eigenvalue weighted by Crippen LogP contribution is -2.17. The lowest BCUT2D eigenvalue weighted by atomic mass is 10.3. The van der Waals surface area contributed by atoms with Crippen molar-refractivity contribution in [3.8, 4) is 0 Å². The number of hydrogen-bond acceptors (Lipinski definition) is 3. The molecule has 0 aromatic carbocycles.